The lowest BCUT2D eigenvalue weighted by Gasteiger charge is -2.14. The average Bonchev–Trinajstić information content (AvgIpc) is 3.12. The van der Waals surface area contributed by atoms with Crippen LogP contribution in [0.5, 0.6) is 0 Å². The van der Waals surface area contributed by atoms with Crippen LogP contribution in [-0.4, -0.2) is 33.1 Å². The van der Waals surface area contributed by atoms with E-state index in [0.29, 0.717) is 17.2 Å². The number of rotatable bonds is 3. The van der Waals surface area contributed by atoms with Crippen molar-refractivity contribution in [3.05, 3.63) is 66.2 Å². The first kappa shape index (κ1) is 19.1. The second kappa shape index (κ2) is 8.75. The number of aromatic nitrogens is 4. The molecule has 0 aliphatic rings. The summed E-state index contributed by atoms with van der Waals surface area (Å²) >= 11 is 0. The molecule has 3 N–H and O–H groups in total. The Balaban J connectivity index is 0.000000342. The van der Waals surface area contributed by atoms with E-state index < -0.39 is 0 Å². The predicted octanol–water partition coefficient (Wildman–Crippen LogP) is 3.48. The standard InChI is InChI=1S/C14H19N5O.C5H5N/c1-14(2,3)10-8-11(19-18-10)17-13(20)9-6-5-7-16-12(9)15-4;1-2-4-6-5-3-1/h5-8H,1-4H3,(H,15,16)(H2,17,18,19,20);1-5H. The van der Waals surface area contributed by atoms with E-state index in [1.54, 1.807) is 37.8 Å². The van der Waals surface area contributed by atoms with Crippen molar-refractivity contribution in [3.63, 3.8) is 0 Å². The van der Waals surface area contributed by atoms with Gasteiger partial charge in [0.15, 0.2) is 5.82 Å². The molecule has 3 aromatic heterocycles. The fraction of sp³-hybridized carbons (Fsp3) is 0.263. The van der Waals surface area contributed by atoms with Crippen molar-refractivity contribution >= 4 is 17.5 Å². The fourth-order valence-corrected chi connectivity index (χ4v) is 2.05. The number of H-pyrrole nitrogens is 1. The van der Waals surface area contributed by atoms with E-state index in [1.807, 2.05) is 24.3 Å². The van der Waals surface area contributed by atoms with Gasteiger partial charge in [0, 0.05) is 42.8 Å². The molecule has 1 amide bonds. The lowest BCUT2D eigenvalue weighted by atomic mass is 9.92. The Hall–Kier alpha value is -3.22. The molecule has 0 spiro atoms. The Bertz CT molecular complexity index is 797. The molecule has 0 saturated carbocycles. The highest BCUT2D eigenvalue weighted by molar-refractivity contribution is 6.07. The fourth-order valence-electron chi connectivity index (χ4n) is 2.05. The summed E-state index contributed by atoms with van der Waals surface area (Å²) < 4.78 is 0. The molecule has 0 aliphatic heterocycles. The van der Waals surface area contributed by atoms with Crippen LogP contribution in [0, 0.1) is 0 Å². The summed E-state index contributed by atoms with van der Waals surface area (Å²) in [4.78, 5) is 20.1. The van der Waals surface area contributed by atoms with E-state index in [2.05, 4.69) is 51.6 Å². The molecule has 0 saturated heterocycles. The second-order valence-electron chi connectivity index (χ2n) is 6.55. The molecule has 0 fully saturated rings. The lowest BCUT2D eigenvalue weighted by molar-refractivity contribution is 0.102. The zero-order chi connectivity index (χ0) is 19.0. The molecule has 0 aliphatic carbocycles. The zero-order valence-electron chi connectivity index (χ0n) is 15.4. The maximum atomic E-state index is 12.2. The molecule has 7 heteroatoms. The SMILES string of the molecule is CNc1ncccc1C(=O)Nc1cc(C(C)(C)C)[nH]n1.c1ccncc1. The van der Waals surface area contributed by atoms with Gasteiger partial charge >= 0.3 is 0 Å². The van der Waals surface area contributed by atoms with Crippen molar-refractivity contribution in [2.45, 2.75) is 26.2 Å². The van der Waals surface area contributed by atoms with Crippen LogP contribution in [0.4, 0.5) is 11.6 Å². The summed E-state index contributed by atoms with van der Waals surface area (Å²) in [5, 5.41) is 12.7. The van der Waals surface area contributed by atoms with Crippen molar-refractivity contribution in [3.8, 4) is 0 Å². The van der Waals surface area contributed by atoms with E-state index >= 15 is 0 Å². The van der Waals surface area contributed by atoms with E-state index in [-0.39, 0.29) is 11.3 Å². The van der Waals surface area contributed by atoms with Crippen molar-refractivity contribution in [2.75, 3.05) is 17.7 Å². The predicted molar refractivity (Wildman–Crippen MR) is 103 cm³/mol. The molecular formula is C19H24N6O. The number of aromatic amines is 1. The summed E-state index contributed by atoms with van der Waals surface area (Å²) in [6.45, 7) is 6.23. The van der Waals surface area contributed by atoms with Gasteiger partial charge in [-0.3, -0.25) is 14.9 Å². The number of nitrogens with zero attached hydrogens (tertiary/aromatic N) is 3. The van der Waals surface area contributed by atoms with Gasteiger partial charge in [-0.05, 0) is 24.3 Å². The van der Waals surface area contributed by atoms with Gasteiger partial charge in [0.05, 0.1) is 5.56 Å². The summed E-state index contributed by atoms with van der Waals surface area (Å²) in [5.41, 5.74) is 1.41. The minimum atomic E-state index is -0.241. The summed E-state index contributed by atoms with van der Waals surface area (Å²) in [5.74, 6) is 0.803. The number of carbonyl (C=O) groups excluding carboxylic acids is 1. The van der Waals surface area contributed by atoms with E-state index in [4.69, 9.17) is 0 Å². The van der Waals surface area contributed by atoms with Crippen LogP contribution < -0.4 is 10.6 Å². The number of amides is 1. The molecule has 0 atom stereocenters. The summed E-state index contributed by atoms with van der Waals surface area (Å²) in [6, 6.07) is 11.0. The molecule has 136 valence electrons. The van der Waals surface area contributed by atoms with Crippen molar-refractivity contribution in [2.24, 2.45) is 0 Å². The molecular weight excluding hydrogens is 328 g/mol. The van der Waals surface area contributed by atoms with Crippen LogP contribution in [0.25, 0.3) is 0 Å². The van der Waals surface area contributed by atoms with Crippen LogP contribution in [0.15, 0.2) is 55.0 Å². The molecule has 7 nitrogen and oxygen atoms in total. The Morgan fingerprint density at radius 2 is 1.81 bits per heavy atom. The van der Waals surface area contributed by atoms with Gasteiger partial charge in [0.2, 0.25) is 0 Å². The number of hydrogen-bond acceptors (Lipinski definition) is 5. The minimum Gasteiger partial charge on any atom is -0.372 e. The van der Waals surface area contributed by atoms with Crippen molar-refractivity contribution in [1.82, 2.24) is 20.2 Å². The van der Waals surface area contributed by atoms with Gasteiger partial charge in [-0.1, -0.05) is 26.8 Å². The molecule has 26 heavy (non-hydrogen) atoms. The first-order valence-corrected chi connectivity index (χ1v) is 8.27. The van der Waals surface area contributed by atoms with Crippen LogP contribution in [0.3, 0.4) is 0 Å². The van der Waals surface area contributed by atoms with Crippen molar-refractivity contribution in [1.29, 1.82) is 0 Å². The first-order chi connectivity index (χ1) is 12.4. The Kier molecular flexibility index (Phi) is 6.43. The van der Waals surface area contributed by atoms with Gasteiger partial charge in [-0.25, -0.2) is 4.98 Å². The van der Waals surface area contributed by atoms with Crippen LogP contribution in [0.1, 0.15) is 36.8 Å². The number of nitrogens with one attached hydrogen (secondary N) is 3. The third kappa shape index (κ3) is 5.41. The normalized spacial score (nSPS) is 10.5. The smallest absolute Gasteiger partial charge is 0.260 e. The Labute approximate surface area is 153 Å². The highest BCUT2D eigenvalue weighted by Gasteiger charge is 2.18. The van der Waals surface area contributed by atoms with E-state index in [0.717, 1.165) is 5.69 Å². The summed E-state index contributed by atoms with van der Waals surface area (Å²) in [7, 11) is 1.73. The van der Waals surface area contributed by atoms with Gasteiger partial charge in [0.25, 0.3) is 5.91 Å². The highest BCUT2D eigenvalue weighted by Crippen LogP contribution is 2.22. The van der Waals surface area contributed by atoms with E-state index in [9.17, 15) is 4.79 Å². The van der Waals surface area contributed by atoms with Crippen LogP contribution >= 0.6 is 0 Å². The highest BCUT2D eigenvalue weighted by atomic mass is 16.1. The monoisotopic (exact) mass is 352 g/mol. The summed E-state index contributed by atoms with van der Waals surface area (Å²) in [6.07, 6.45) is 5.13. The molecule has 0 bridgehead atoms. The van der Waals surface area contributed by atoms with Gasteiger partial charge < -0.3 is 10.6 Å². The minimum absolute atomic E-state index is 0.0413. The average molecular weight is 352 g/mol. The maximum Gasteiger partial charge on any atom is 0.260 e. The quantitative estimate of drug-likeness (QED) is 0.671. The molecule has 3 aromatic rings. The third-order valence-corrected chi connectivity index (χ3v) is 3.48. The molecule has 3 rings (SSSR count). The number of hydrogen-bond donors (Lipinski definition) is 3. The second-order valence-corrected chi connectivity index (χ2v) is 6.55. The van der Waals surface area contributed by atoms with Crippen LogP contribution in [-0.2, 0) is 5.41 Å². The lowest BCUT2D eigenvalue weighted by Crippen LogP contribution is -2.15. The molecule has 0 aromatic carbocycles. The largest absolute Gasteiger partial charge is 0.372 e. The topological polar surface area (TPSA) is 95.6 Å². The van der Waals surface area contributed by atoms with Crippen LogP contribution in [0.2, 0.25) is 0 Å². The van der Waals surface area contributed by atoms with Gasteiger partial charge in [-0.2, -0.15) is 5.10 Å². The number of carbonyl (C=O) groups is 1. The molecule has 3 heterocycles. The Morgan fingerprint density at radius 1 is 1.08 bits per heavy atom. The number of anilines is 2. The zero-order valence-corrected chi connectivity index (χ0v) is 15.4. The molecule has 0 radical (unpaired) electrons. The van der Waals surface area contributed by atoms with Gasteiger partial charge in [-0.15, -0.1) is 0 Å². The van der Waals surface area contributed by atoms with E-state index in [1.165, 1.54) is 0 Å². The molecule has 0 unspecified atom stereocenters. The Morgan fingerprint density at radius 3 is 2.31 bits per heavy atom. The maximum absolute atomic E-state index is 12.2. The number of pyridine rings is 2. The van der Waals surface area contributed by atoms with Gasteiger partial charge in [0.1, 0.15) is 5.82 Å². The third-order valence-electron chi connectivity index (χ3n) is 3.48. The van der Waals surface area contributed by atoms with Crippen molar-refractivity contribution < 1.29 is 4.79 Å². The first-order valence-electron chi connectivity index (χ1n) is 8.27.